The van der Waals surface area contributed by atoms with Crippen LogP contribution in [0.25, 0.3) is 0 Å². The largest absolute Gasteiger partial charge is 0.466 e. The van der Waals surface area contributed by atoms with Gasteiger partial charge in [0.25, 0.3) is 0 Å². The Labute approximate surface area is 168 Å². The Kier molecular flexibility index (Phi) is 5.56. The van der Waals surface area contributed by atoms with Gasteiger partial charge >= 0.3 is 11.9 Å². The van der Waals surface area contributed by atoms with Crippen molar-refractivity contribution in [2.45, 2.75) is 65.4 Å². The minimum Gasteiger partial charge on any atom is -0.466 e. The summed E-state index contributed by atoms with van der Waals surface area (Å²) >= 11 is 0. The number of esters is 2. The van der Waals surface area contributed by atoms with Crippen molar-refractivity contribution in [2.24, 2.45) is 29.1 Å². The molecule has 28 heavy (non-hydrogen) atoms. The molecular formula is C23H36NO4+. The molecule has 7 atom stereocenters. The van der Waals surface area contributed by atoms with Crippen molar-refractivity contribution in [1.29, 1.82) is 0 Å². The van der Waals surface area contributed by atoms with Crippen LogP contribution in [0.15, 0.2) is 11.6 Å². The van der Waals surface area contributed by atoms with Crippen LogP contribution in [0, 0.1) is 29.1 Å². The van der Waals surface area contributed by atoms with Crippen molar-refractivity contribution in [3.63, 3.8) is 0 Å². The van der Waals surface area contributed by atoms with Crippen LogP contribution in [0.1, 0.15) is 59.3 Å². The smallest absolute Gasteiger partial charge is 0.315 e. The zero-order chi connectivity index (χ0) is 19.9. The second-order valence-electron chi connectivity index (χ2n) is 9.84. The van der Waals surface area contributed by atoms with E-state index in [0.717, 1.165) is 38.9 Å². The molecule has 0 bridgehead atoms. The maximum Gasteiger partial charge on any atom is 0.315 e. The van der Waals surface area contributed by atoms with Gasteiger partial charge < -0.3 is 14.4 Å². The van der Waals surface area contributed by atoms with E-state index in [9.17, 15) is 9.59 Å². The number of fused-ring (bicyclic) bond motifs is 2. The molecule has 0 aromatic rings. The number of carbonyl (C=O) groups excluding carboxylic acids is 2. The second-order valence-corrected chi connectivity index (χ2v) is 9.84. The number of carbonyl (C=O) groups is 2. The summed E-state index contributed by atoms with van der Waals surface area (Å²) in [6, 6.07) is 0. The molecule has 4 aliphatic rings. The van der Waals surface area contributed by atoms with Crippen LogP contribution in [-0.2, 0) is 19.1 Å². The molecule has 0 aromatic carbocycles. The number of piperidine rings is 1. The number of nitrogens with one attached hydrogen (secondary N) is 1. The molecule has 2 aliphatic carbocycles. The van der Waals surface area contributed by atoms with E-state index in [2.05, 4.69) is 19.9 Å². The SMILES string of the molecule is CCOC(=O)[C@H]1CCC[NH+](C[C@H]2C(=O)O[C@@H]3C[C@@]4(C)CCC[C@H](C)C4=C[C@@H]32)C1. The molecule has 1 saturated carbocycles. The number of allylic oxidation sites excluding steroid dienone is 1. The number of hydrogen-bond donors (Lipinski definition) is 1. The van der Waals surface area contributed by atoms with E-state index in [1.807, 2.05) is 6.92 Å². The van der Waals surface area contributed by atoms with E-state index >= 15 is 0 Å². The Balaban J connectivity index is 1.48. The molecule has 0 aromatic heterocycles. The summed E-state index contributed by atoms with van der Waals surface area (Å²) in [6.07, 6.45) is 9.13. The minimum absolute atomic E-state index is 0.0208. The molecule has 156 valence electrons. The average Bonchev–Trinajstić information content (AvgIpc) is 2.94. The van der Waals surface area contributed by atoms with Crippen molar-refractivity contribution < 1.29 is 24.0 Å². The van der Waals surface area contributed by atoms with Gasteiger partial charge in [0.05, 0.1) is 26.2 Å². The van der Waals surface area contributed by atoms with Gasteiger partial charge in [0, 0.05) is 5.92 Å². The molecule has 3 fully saturated rings. The van der Waals surface area contributed by atoms with E-state index in [1.165, 1.54) is 24.2 Å². The number of hydrogen-bond acceptors (Lipinski definition) is 4. The summed E-state index contributed by atoms with van der Waals surface area (Å²) in [7, 11) is 0. The van der Waals surface area contributed by atoms with Gasteiger partial charge in [-0.3, -0.25) is 9.59 Å². The van der Waals surface area contributed by atoms with Gasteiger partial charge in [-0.15, -0.1) is 0 Å². The lowest BCUT2D eigenvalue weighted by Gasteiger charge is -2.46. The molecule has 5 heteroatoms. The average molecular weight is 391 g/mol. The van der Waals surface area contributed by atoms with Gasteiger partial charge in [-0.05, 0) is 50.4 Å². The highest BCUT2D eigenvalue weighted by Gasteiger charge is 2.53. The summed E-state index contributed by atoms with van der Waals surface area (Å²) in [5.74, 6) is 0.652. The predicted octanol–water partition coefficient (Wildman–Crippen LogP) is 2.16. The molecule has 0 amide bonds. The van der Waals surface area contributed by atoms with Crippen LogP contribution >= 0.6 is 0 Å². The Morgan fingerprint density at radius 1 is 1.36 bits per heavy atom. The lowest BCUT2D eigenvalue weighted by atomic mass is 9.59. The highest BCUT2D eigenvalue weighted by atomic mass is 16.6. The first kappa shape index (κ1) is 19.9. The maximum atomic E-state index is 12.8. The van der Waals surface area contributed by atoms with Gasteiger partial charge in [-0.25, -0.2) is 0 Å². The number of likely N-dealkylation sites (tertiary alicyclic amines) is 1. The predicted molar refractivity (Wildman–Crippen MR) is 106 cm³/mol. The lowest BCUT2D eigenvalue weighted by molar-refractivity contribution is -0.910. The third-order valence-electron chi connectivity index (χ3n) is 7.83. The van der Waals surface area contributed by atoms with E-state index in [1.54, 1.807) is 5.57 Å². The number of quaternary nitrogens is 1. The first-order valence-corrected chi connectivity index (χ1v) is 11.3. The van der Waals surface area contributed by atoms with Crippen molar-refractivity contribution in [3.05, 3.63) is 11.6 Å². The number of rotatable bonds is 4. The molecule has 2 saturated heterocycles. The van der Waals surface area contributed by atoms with E-state index in [0.29, 0.717) is 12.5 Å². The Bertz CT molecular complexity index is 659. The quantitative estimate of drug-likeness (QED) is 0.590. The van der Waals surface area contributed by atoms with Crippen LogP contribution in [0.2, 0.25) is 0 Å². The fourth-order valence-corrected chi connectivity index (χ4v) is 6.39. The molecular weight excluding hydrogens is 354 g/mol. The van der Waals surface area contributed by atoms with Crippen LogP contribution < -0.4 is 4.90 Å². The van der Waals surface area contributed by atoms with Crippen molar-refractivity contribution in [3.8, 4) is 0 Å². The van der Waals surface area contributed by atoms with E-state index in [-0.39, 0.29) is 41.2 Å². The van der Waals surface area contributed by atoms with Crippen LogP contribution in [0.3, 0.4) is 0 Å². The van der Waals surface area contributed by atoms with Gasteiger partial charge in [-0.2, -0.15) is 0 Å². The summed E-state index contributed by atoms with van der Waals surface area (Å²) < 4.78 is 11.1. The zero-order valence-electron chi connectivity index (χ0n) is 17.7. The monoisotopic (exact) mass is 390 g/mol. The number of ether oxygens (including phenoxy) is 2. The molecule has 0 radical (unpaired) electrons. The zero-order valence-corrected chi connectivity index (χ0v) is 17.7. The van der Waals surface area contributed by atoms with Crippen molar-refractivity contribution in [2.75, 3.05) is 26.2 Å². The van der Waals surface area contributed by atoms with Crippen molar-refractivity contribution in [1.82, 2.24) is 0 Å². The molecule has 0 spiro atoms. The minimum atomic E-state index is -0.0712. The van der Waals surface area contributed by atoms with E-state index in [4.69, 9.17) is 9.47 Å². The standard InChI is InChI=1S/C23H35NO4/c1-4-27-21(25)16-8-6-10-24(13-16)14-18-17-11-19-15(2)7-5-9-23(19,3)12-20(17)28-22(18)26/h11,15-18,20H,4-10,12-14H2,1-3H3/p+1/t15-,16-,17+,18+,20+,23+/m0/s1. The summed E-state index contributed by atoms with van der Waals surface area (Å²) in [4.78, 5) is 26.3. The fraction of sp³-hybridized carbons (Fsp3) is 0.826. The third-order valence-corrected chi connectivity index (χ3v) is 7.83. The Morgan fingerprint density at radius 2 is 2.18 bits per heavy atom. The molecule has 4 rings (SSSR count). The normalized spacial score (nSPS) is 42.8. The maximum absolute atomic E-state index is 12.8. The fourth-order valence-electron chi connectivity index (χ4n) is 6.39. The first-order chi connectivity index (χ1) is 13.4. The molecule has 2 heterocycles. The highest BCUT2D eigenvalue weighted by Crippen LogP contribution is 2.53. The van der Waals surface area contributed by atoms with Gasteiger partial charge in [0.15, 0.2) is 0 Å². The summed E-state index contributed by atoms with van der Waals surface area (Å²) in [6.45, 7) is 9.60. The third kappa shape index (κ3) is 3.62. The molecule has 1 N–H and O–H groups in total. The molecule has 1 unspecified atom stereocenters. The van der Waals surface area contributed by atoms with Gasteiger partial charge in [0.1, 0.15) is 17.9 Å². The summed E-state index contributed by atoms with van der Waals surface area (Å²) in [5.41, 5.74) is 1.78. The lowest BCUT2D eigenvalue weighted by Crippen LogP contribution is -3.14. The summed E-state index contributed by atoms with van der Waals surface area (Å²) in [5, 5.41) is 0. The molecule has 2 aliphatic heterocycles. The van der Waals surface area contributed by atoms with Gasteiger partial charge in [0.2, 0.25) is 0 Å². The molecule has 5 nitrogen and oxygen atoms in total. The van der Waals surface area contributed by atoms with Gasteiger partial charge in [-0.1, -0.05) is 31.9 Å². The van der Waals surface area contributed by atoms with Crippen LogP contribution in [0.5, 0.6) is 0 Å². The Morgan fingerprint density at radius 3 is 2.96 bits per heavy atom. The van der Waals surface area contributed by atoms with E-state index < -0.39 is 0 Å². The van der Waals surface area contributed by atoms with Crippen molar-refractivity contribution >= 4 is 11.9 Å². The highest BCUT2D eigenvalue weighted by molar-refractivity contribution is 5.76. The topological polar surface area (TPSA) is 57.0 Å². The first-order valence-electron chi connectivity index (χ1n) is 11.3. The van der Waals surface area contributed by atoms with Crippen LogP contribution in [0.4, 0.5) is 0 Å². The van der Waals surface area contributed by atoms with Crippen LogP contribution in [-0.4, -0.2) is 44.3 Å². The second kappa shape index (κ2) is 7.81. The Hall–Kier alpha value is -1.36.